The van der Waals surface area contributed by atoms with Crippen LogP contribution in [0.3, 0.4) is 0 Å². The van der Waals surface area contributed by atoms with Gasteiger partial charge in [-0.1, -0.05) is 12.1 Å². The predicted molar refractivity (Wildman–Crippen MR) is 73.9 cm³/mol. The van der Waals surface area contributed by atoms with E-state index in [2.05, 4.69) is 25.6 Å². The van der Waals surface area contributed by atoms with E-state index in [4.69, 9.17) is 0 Å². The van der Waals surface area contributed by atoms with Crippen LogP contribution in [-0.2, 0) is 10.0 Å². The zero-order chi connectivity index (χ0) is 13.2. The molecular weight excluding hydrogens is 316 g/mol. The number of pyridine rings is 1. The Labute approximate surface area is 114 Å². The Morgan fingerprint density at radius 2 is 2.00 bits per heavy atom. The first kappa shape index (κ1) is 13.0. The van der Waals surface area contributed by atoms with Gasteiger partial charge in [0.25, 0.3) is 10.0 Å². The topological polar surface area (TPSA) is 59.1 Å². The van der Waals surface area contributed by atoms with Crippen molar-refractivity contribution in [1.82, 2.24) is 4.98 Å². The molecule has 1 aromatic carbocycles. The summed E-state index contributed by atoms with van der Waals surface area (Å²) in [6, 6.07) is 8.39. The molecule has 2 rings (SSSR count). The van der Waals surface area contributed by atoms with Crippen molar-refractivity contribution in [3.63, 3.8) is 0 Å². The molecule has 0 aliphatic heterocycles. The smallest absolute Gasteiger partial charge is 0.261 e. The van der Waals surface area contributed by atoms with E-state index in [1.807, 2.05) is 13.0 Å². The minimum Gasteiger partial charge on any atom is -0.278 e. The van der Waals surface area contributed by atoms with Crippen LogP contribution < -0.4 is 4.72 Å². The number of aryl methyl sites for hydroxylation is 1. The number of hydrogen-bond donors (Lipinski definition) is 1. The van der Waals surface area contributed by atoms with Crippen molar-refractivity contribution in [2.24, 2.45) is 0 Å². The number of sulfonamides is 1. The van der Waals surface area contributed by atoms with Crippen molar-refractivity contribution < 1.29 is 8.42 Å². The van der Waals surface area contributed by atoms with Crippen molar-refractivity contribution in [3.05, 3.63) is 52.8 Å². The highest BCUT2D eigenvalue weighted by Gasteiger charge is 2.14. The quantitative estimate of drug-likeness (QED) is 0.943. The maximum atomic E-state index is 12.1. The van der Waals surface area contributed by atoms with E-state index < -0.39 is 10.0 Å². The number of anilines is 1. The van der Waals surface area contributed by atoms with E-state index in [-0.39, 0.29) is 4.90 Å². The first-order valence-electron chi connectivity index (χ1n) is 5.17. The molecule has 1 aromatic heterocycles. The highest BCUT2D eigenvalue weighted by atomic mass is 79.9. The molecule has 0 aliphatic rings. The molecule has 0 atom stereocenters. The van der Waals surface area contributed by atoms with Gasteiger partial charge in [-0.2, -0.15) is 0 Å². The van der Waals surface area contributed by atoms with Gasteiger partial charge < -0.3 is 0 Å². The van der Waals surface area contributed by atoms with Crippen LogP contribution in [0.2, 0.25) is 0 Å². The van der Waals surface area contributed by atoms with Gasteiger partial charge in [0.1, 0.15) is 0 Å². The average Bonchev–Trinajstić information content (AvgIpc) is 2.28. The second-order valence-corrected chi connectivity index (χ2v) is 6.41. The highest BCUT2D eigenvalue weighted by Crippen LogP contribution is 2.19. The van der Waals surface area contributed by atoms with Gasteiger partial charge >= 0.3 is 0 Å². The van der Waals surface area contributed by atoms with E-state index in [1.165, 1.54) is 6.20 Å². The Balaban J connectivity index is 2.33. The van der Waals surface area contributed by atoms with Crippen LogP contribution in [0.4, 0.5) is 5.69 Å². The molecule has 4 nitrogen and oxygen atoms in total. The summed E-state index contributed by atoms with van der Waals surface area (Å²) in [7, 11) is -3.56. The average molecular weight is 327 g/mol. The van der Waals surface area contributed by atoms with Crippen LogP contribution in [0.1, 0.15) is 5.56 Å². The number of nitrogens with zero attached hydrogens (tertiary/aromatic N) is 1. The van der Waals surface area contributed by atoms with Gasteiger partial charge in [0.2, 0.25) is 0 Å². The summed E-state index contributed by atoms with van der Waals surface area (Å²) < 4.78 is 27.4. The normalized spacial score (nSPS) is 11.2. The fourth-order valence-electron chi connectivity index (χ4n) is 1.46. The Bertz CT molecular complexity index is 671. The summed E-state index contributed by atoms with van der Waals surface area (Å²) in [6.07, 6.45) is 3.04. The van der Waals surface area contributed by atoms with Crippen molar-refractivity contribution >= 4 is 31.6 Å². The number of nitrogens with one attached hydrogen (secondary N) is 1. The van der Waals surface area contributed by atoms with Crippen LogP contribution in [-0.4, -0.2) is 13.4 Å². The summed E-state index contributed by atoms with van der Waals surface area (Å²) >= 11 is 3.24. The fraction of sp³-hybridized carbons (Fsp3) is 0.0833. The molecule has 0 saturated heterocycles. The maximum Gasteiger partial charge on any atom is 0.261 e. The molecule has 0 aliphatic carbocycles. The minimum atomic E-state index is -3.56. The number of hydrogen-bond acceptors (Lipinski definition) is 3. The third-order valence-corrected chi connectivity index (χ3v) is 4.07. The van der Waals surface area contributed by atoms with Gasteiger partial charge in [-0.15, -0.1) is 0 Å². The minimum absolute atomic E-state index is 0.238. The Morgan fingerprint density at radius 3 is 2.67 bits per heavy atom. The van der Waals surface area contributed by atoms with Crippen molar-refractivity contribution in [2.75, 3.05) is 4.72 Å². The van der Waals surface area contributed by atoms with Gasteiger partial charge in [-0.3, -0.25) is 9.71 Å². The SMILES string of the molecule is Cc1cccc(S(=O)(=O)Nc2cncc(Br)c2)c1. The van der Waals surface area contributed by atoms with Crippen molar-refractivity contribution in [3.8, 4) is 0 Å². The Hall–Kier alpha value is -1.40. The molecule has 0 saturated carbocycles. The monoisotopic (exact) mass is 326 g/mol. The second-order valence-electron chi connectivity index (χ2n) is 3.81. The molecule has 0 fully saturated rings. The van der Waals surface area contributed by atoms with Gasteiger partial charge in [-0.25, -0.2) is 8.42 Å². The van der Waals surface area contributed by atoms with Gasteiger partial charge in [0.05, 0.1) is 16.8 Å². The lowest BCUT2D eigenvalue weighted by atomic mass is 10.2. The number of rotatable bonds is 3. The number of benzene rings is 1. The number of halogens is 1. The zero-order valence-electron chi connectivity index (χ0n) is 9.59. The fourth-order valence-corrected chi connectivity index (χ4v) is 2.97. The molecule has 6 heteroatoms. The van der Waals surface area contributed by atoms with E-state index in [0.29, 0.717) is 10.2 Å². The lowest BCUT2D eigenvalue weighted by Crippen LogP contribution is -2.13. The second kappa shape index (κ2) is 5.07. The van der Waals surface area contributed by atoms with Crippen LogP contribution in [0.25, 0.3) is 0 Å². The molecule has 1 heterocycles. The van der Waals surface area contributed by atoms with Crippen molar-refractivity contribution in [1.29, 1.82) is 0 Å². The third-order valence-electron chi connectivity index (χ3n) is 2.26. The molecule has 0 radical (unpaired) electrons. The standard InChI is InChI=1S/C12H11BrN2O2S/c1-9-3-2-4-12(5-9)18(16,17)15-11-6-10(13)7-14-8-11/h2-8,15H,1H3. The summed E-state index contributed by atoms with van der Waals surface area (Å²) in [5, 5.41) is 0. The molecule has 0 amide bonds. The lowest BCUT2D eigenvalue weighted by molar-refractivity contribution is 0.601. The van der Waals surface area contributed by atoms with Crippen molar-refractivity contribution in [2.45, 2.75) is 11.8 Å². The van der Waals surface area contributed by atoms with E-state index in [0.717, 1.165) is 5.56 Å². The van der Waals surface area contributed by atoms with Gasteiger partial charge in [0.15, 0.2) is 0 Å². The summed E-state index contributed by atoms with van der Waals surface area (Å²) in [5.74, 6) is 0. The first-order chi connectivity index (χ1) is 8.47. The van der Waals surface area contributed by atoms with E-state index in [9.17, 15) is 8.42 Å². The Morgan fingerprint density at radius 1 is 1.22 bits per heavy atom. The van der Waals surface area contributed by atoms with Crippen LogP contribution in [0.15, 0.2) is 52.1 Å². The summed E-state index contributed by atoms with van der Waals surface area (Å²) in [5.41, 5.74) is 1.32. The van der Waals surface area contributed by atoms with Crippen LogP contribution in [0, 0.1) is 6.92 Å². The Kier molecular flexibility index (Phi) is 3.68. The molecule has 0 spiro atoms. The molecule has 0 unspecified atom stereocenters. The number of aromatic nitrogens is 1. The molecule has 1 N–H and O–H groups in total. The molecular formula is C12H11BrN2O2S. The summed E-state index contributed by atoms with van der Waals surface area (Å²) in [6.45, 7) is 1.85. The van der Waals surface area contributed by atoms with Crippen LogP contribution in [0.5, 0.6) is 0 Å². The largest absolute Gasteiger partial charge is 0.278 e. The molecule has 94 valence electrons. The summed E-state index contributed by atoms with van der Waals surface area (Å²) in [4.78, 5) is 4.14. The van der Waals surface area contributed by atoms with Gasteiger partial charge in [-0.05, 0) is 46.6 Å². The lowest BCUT2D eigenvalue weighted by Gasteiger charge is -2.08. The maximum absolute atomic E-state index is 12.1. The highest BCUT2D eigenvalue weighted by molar-refractivity contribution is 9.10. The first-order valence-corrected chi connectivity index (χ1v) is 7.45. The predicted octanol–water partition coefficient (Wildman–Crippen LogP) is 2.95. The molecule has 2 aromatic rings. The molecule has 0 bridgehead atoms. The van der Waals surface area contributed by atoms with E-state index >= 15 is 0 Å². The zero-order valence-corrected chi connectivity index (χ0v) is 12.0. The van der Waals surface area contributed by atoms with E-state index in [1.54, 1.807) is 30.5 Å². The third kappa shape index (κ3) is 3.08. The van der Waals surface area contributed by atoms with Crippen LogP contribution >= 0.6 is 15.9 Å². The molecule has 18 heavy (non-hydrogen) atoms. The van der Waals surface area contributed by atoms with Gasteiger partial charge in [0, 0.05) is 10.7 Å².